The van der Waals surface area contributed by atoms with Crippen LogP contribution >= 0.6 is 0 Å². The predicted octanol–water partition coefficient (Wildman–Crippen LogP) is 2.84. The summed E-state index contributed by atoms with van der Waals surface area (Å²) in [7, 11) is -1.12. The molecule has 0 unspecified atom stereocenters. The number of carboxylic acids is 1. The summed E-state index contributed by atoms with van der Waals surface area (Å²) in [5, 5.41) is 9.23. The molecule has 0 amide bonds. The van der Waals surface area contributed by atoms with Gasteiger partial charge in [-0.1, -0.05) is 12.1 Å². The zero-order valence-electron chi connectivity index (χ0n) is 13.9. The lowest BCUT2D eigenvalue weighted by Gasteiger charge is -2.22. The Balaban J connectivity index is 2.56. The minimum absolute atomic E-state index is 0.107. The minimum atomic E-state index is -3.90. The van der Waals surface area contributed by atoms with Crippen molar-refractivity contribution in [3.63, 3.8) is 0 Å². The monoisotopic (exact) mass is 349 g/mol. The molecule has 0 fully saturated rings. The average molecular weight is 349 g/mol. The van der Waals surface area contributed by atoms with Gasteiger partial charge in [0.15, 0.2) is 0 Å². The lowest BCUT2D eigenvalue weighted by molar-refractivity contribution is 0.0693. The Morgan fingerprint density at radius 1 is 1.17 bits per heavy atom. The SMILES string of the molecule is COc1ccc(S(=O)(=O)N(C)c2cccc(C)c2C)cc1C(=O)O. The molecule has 0 radical (unpaired) electrons. The molecule has 0 atom stereocenters. The van der Waals surface area contributed by atoms with Crippen molar-refractivity contribution in [3.05, 3.63) is 53.1 Å². The summed E-state index contributed by atoms with van der Waals surface area (Å²) < 4.78 is 31.8. The van der Waals surface area contributed by atoms with Crippen molar-refractivity contribution in [3.8, 4) is 5.75 Å². The molecule has 1 N–H and O–H groups in total. The van der Waals surface area contributed by atoms with Gasteiger partial charge < -0.3 is 9.84 Å². The first-order valence-corrected chi connectivity index (χ1v) is 8.60. The highest BCUT2D eigenvalue weighted by atomic mass is 32.2. The third-order valence-corrected chi connectivity index (χ3v) is 5.74. The first-order valence-electron chi connectivity index (χ1n) is 7.16. The Morgan fingerprint density at radius 3 is 2.42 bits per heavy atom. The Hall–Kier alpha value is -2.54. The fourth-order valence-electron chi connectivity index (χ4n) is 2.38. The van der Waals surface area contributed by atoms with Crippen LogP contribution in [0.1, 0.15) is 21.5 Å². The minimum Gasteiger partial charge on any atom is -0.496 e. The number of methoxy groups -OCH3 is 1. The number of benzene rings is 2. The smallest absolute Gasteiger partial charge is 0.339 e. The number of rotatable bonds is 5. The summed E-state index contributed by atoms with van der Waals surface area (Å²) in [4.78, 5) is 11.2. The van der Waals surface area contributed by atoms with Gasteiger partial charge in [-0.25, -0.2) is 13.2 Å². The van der Waals surface area contributed by atoms with Crippen molar-refractivity contribution in [2.75, 3.05) is 18.5 Å². The number of ether oxygens (including phenoxy) is 1. The standard InChI is InChI=1S/C17H19NO5S/c1-11-6-5-7-15(12(11)2)18(3)24(21,22)13-8-9-16(23-4)14(10-13)17(19)20/h5-10H,1-4H3,(H,19,20). The van der Waals surface area contributed by atoms with Crippen molar-refractivity contribution in [2.45, 2.75) is 18.7 Å². The molecule has 0 aliphatic rings. The van der Waals surface area contributed by atoms with E-state index in [4.69, 9.17) is 4.74 Å². The van der Waals surface area contributed by atoms with Gasteiger partial charge in [0.25, 0.3) is 10.0 Å². The van der Waals surface area contributed by atoms with E-state index in [0.717, 1.165) is 21.5 Å². The fraction of sp³-hybridized carbons (Fsp3) is 0.235. The number of nitrogens with zero attached hydrogens (tertiary/aromatic N) is 1. The van der Waals surface area contributed by atoms with Crippen LogP contribution in [0.5, 0.6) is 5.75 Å². The number of carboxylic acid groups (broad SMARTS) is 1. The molecule has 0 heterocycles. The molecular weight excluding hydrogens is 330 g/mol. The highest BCUT2D eigenvalue weighted by molar-refractivity contribution is 7.92. The van der Waals surface area contributed by atoms with Crippen LogP contribution in [-0.2, 0) is 10.0 Å². The summed E-state index contributed by atoms with van der Waals surface area (Å²) in [5.74, 6) is -1.14. The second-order valence-corrected chi connectivity index (χ2v) is 7.33. The maximum Gasteiger partial charge on any atom is 0.339 e. The van der Waals surface area contributed by atoms with Gasteiger partial charge in [0, 0.05) is 7.05 Å². The van der Waals surface area contributed by atoms with E-state index in [2.05, 4.69) is 0 Å². The molecule has 0 aliphatic heterocycles. The summed E-state index contributed by atoms with van der Waals surface area (Å²) in [5.41, 5.74) is 2.15. The van der Waals surface area contributed by atoms with E-state index in [-0.39, 0.29) is 16.2 Å². The van der Waals surface area contributed by atoms with E-state index in [9.17, 15) is 18.3 Å². The van der Waals surface area contributed by atoms with Crippen LogP contribution < -0.4 is 9.04 Å². The molecule has 0 saturated carbocycles. The van der Waals surface area contributed by atoms with Crippen molar-refractivity contribution < 1.29 is 23.1 Å². The van der Waals surface area contributed by atoms with Gasteiger partial charge in [-0.05, 0) is 49.2 Å². The maximum atomic E-state index is 12.9. The summed E-state index contributed by atoms with van der Waals surface area (Å²) in [6, 6.07) is 9.17. The Bertz CT molecular complexity index is 890. The Kier molecular flexibility index (Phi) is 4.84. The largest absolute Gasteiger partial charge is 0.496 e. The lowest BCUT2D eigenvalue weighted by Crippen LogP contribution is -2.27. The Morgan fingerprint density at radius 2 is 1.83 bits per heavy atom. The lowest BCUT2D eigenvalue weighted by atomic mass is 10.1. The van der Waals surface area contributed by atoms with Gasteiger partial charge in [-0.2, -0.15) is 0 Å². The molecular formula is C17H19NO5S. The van der Waals surface area contributed by atoms with Crippen LogP contribution in [0.25, 0.3) is 0 Å². The van der Waals surface area contributed by atoms with Crippen molar-refractivity contribution in [1.29, 1.82) is 0 Å². The third-order valence-electron chi connectivity index (χ3n) is 3.98. The molecule has 0 aromatic heterocycles. The second-order valence-electron chi connectivity index (χ2n) is 5.36. The van der Waals surface area contributed by atoms with Gasteiger partial charge in [-0.3, -0.25) is 4.31 Å². The van der Waals surface area contributed by atoms with E-state index in [1.165, 1.54) is 26.3 Å². The molecule has 0 bridgehead atoms. The Labute approximate surface area is 141 Å². The second kappa shape index (κ2) is 6.52. The molecule has 0 saturated heterocycles. The number of anilines is 1. The van der Waals surface area contributed by atoms with Gasteiger partial charge in [-0.15, -0.1) is 0 Å². The van der Waals surface area contributed by atoms with E-state index >= 15 is 0 Å². The fourth-order valence-corrected chi connectivity index (χ4v) is 3.66. The number of carbonyl (C=O) groups is 1. The summed E-state index contributed by atoms with van der Waals surface area (Å²) >= 11 is 0. The quantitative estimate of drug-likeness (QED) is 0.897. The number of sulfonamides is 1. The van der Waals surface area contributed by atoms with Gasteiger partial charge in [0.2, 0.25) is 0 Å². The third kappa shape index (κ3) is 3.07. The number of hydrogen-bond donors (Lipinski definition) is 1. The van der Waals surface area contributed by atoms with Gasteiger partial charge in [0.1, 0.15) is 11.3 Å². The van der Waals surface area contributed by atoms with E-state index < -0.39 is 16.0 Å². The predicted molar refractivity (Wildman–Crippen MR) is 91.5 cm³/mol. The first kappa shape index (κ1) is 17.8. The van der Waals surface area contributed by atoms with Crippen molar-refractivity contribution in [1.82, 2.24) is 0 Å². The topological polar surface area (TPSA) is 83.9 Å². The molecule has 2 aromatic rings. The van der Waals surface area contributed by atoms with Crippen molar-refractivity contribution in [2.24, 2.45) is 0 Å². The maximum absolute atomic E-state index is 12.9. The molecule has 128 valence electrons. The van der Waals surface area contributed by atoms with Crippen LogP contribution in [0.2, 0.25) is 0 Å². The molecule has 2 aromatic carbocycles. The van der Waals surface area contributed by atoms with E-state index in [1.54, 1.807) is 12.1 Å². The zero-order chi connectivity index (χ0) is 18.1. The van der Waals surface area contributed by atoms with Crippen LogP contribution in [0, 0.1) is 13.8 Å². The first-order chi connectivity index (χ1) is 11.2. The molecule has 0 aliphatic carbocycles. The molecule has 2 rings (SSSR count). The zero-order valence-corrected chi connectivity index (χ0v) is 14.7. The summed E-state index contributed by atoms with van der Waals surface area (Å²) in [6.07, 6.45) is 0. The summed E-state index contributed by atoms with van der Waals surface area (Å²) in [6.45, 7) is 3.74. The van der Waals surface area contributed by atoms with Crippen molar-refractivity contribution >= 4 is 21.7 Å². The number of hydrogen-bond acceptors (Lipinski definition) is 4. The number of aryl methyl sites for hydroxylation is 1. The molecule has 7 heteroatoms. The average Bonchev–Trinajstić information content (AvgIpc) is 2.55. The van der Waals surface area contributed by atoms with Crippen LogP contribution in [0.3, 0.4) is 0 Å². The van der Waals surface area contributed by atoms with Gasteiger partial charge in [0.05, 0.1) is 17.7 Å². The van der Waals surface area contributed by atoms with Gasteiger partial charge >= 0.3 is 5.97 Å². The normalized spacial score (nSPS) is 11.2. The molecule has 0 spiro atoms. The number of aromatic carboxylic acids is 1. The van der Waals surface area contributed by atoms with Crippen LogP contribution in [0.15, 0.2) is 41.3 Å². The van der Waals surface area contributed by atoms with Crippen LogP contribution in [0.4, 0.5) is 5.69 Å². The van der Waals surface area contributed by atoms with E-state index in [1.807, 2.05) is 19.9 Å². The van der Waals surface area contributed by atoms with Crippen LogP contribution in [-0.4, -0.2) is 33.7 Å². The van der Waals surface area contributed by atoms with E-state index in [0.29, 0.717) is 5.69 Å². The highest BCUT2D eigenvalue weighted by Crippen LogP contribution is 2.29. The molecule has 6 nitrogen and oxygen atoms in total. The highest BCUT2D eigenvalue weighted by Gasteiger charge is 2.25. The molecule has 24 heavy (non-hydrogen) atoms.